The van der Waals surface area contributed by atoms with Gasteiger partial charge in [0, 0.05) is 24.8 Å². The quantitative estimate of drug-likeness (QED) is 0.697. The van der Waals surface area contributed by atoms with E-state index in [0.717, 1.165) is 5.56 Å². The van der Waals surface area contributed by atoms with Gasteiger partial charge in [0.05, 0.1) is 18.4 Å². The number of nitrogens with zero attached hydrogens (tertiary/aromatic N) is 1. The maximum absolute atomic E-state index is 12.4. The molecule has 0 aliphatic heterocycles. The summed E-state index contributed by atoms with van der Waals surface area (Å²) in [4.78, 5) is 16.7. The van der Waals surface area contributed by atoms with Crippen molar-refractivity contribution in [3.63, 3.8) is 0 Å². The highest BCUT2D eigenvalue weighted by Crippen LogP contribution is 2.28. The van der Waals surface area contributed by atoms with E-state index in [0.29, 0.717) is 35.9 Å². The number of aryl methyl sites for hydroxylation is 1. The number of aromatic nitrogens is 1. The van der Waals surface area contributed by atoms with Crippen LogP contribution < -0.4 is 5.32 Å². The summed E-state index contributed by atoms with van der Waals surface area (Å²) in [6.07, 6.45) is 1.68. The van der Waals surface area contributed by atoms with Gasteiger partial charge in [-0.15, -0.1) is 0 Å². The van der Waals surface area contributed by atoms with Crippen molar-refractivity contribution in [1.82, 2.24) is 10.3 Å². The number of hydrogen-bond acceptors (Lipinski definition) is 4. The number of carbonyl (C=O) groups is 1. The van der Waals surface area contributed by atoms with E-state index < -0.39 is 0 Å². The molecule has 0 fully saturated rings. The Labute approximate surface area is 146 Å². The van der Waals surface area contributed by atoms with Gasteiger partial charge in [0.25, 0.3) is 5.91 Å². The van der Waals surface area contributed by atoms with Crippen LogP contribution in [0.1, 0.15) is 15.9 Å². The number of amides is 1. The molecular formula is C20H20N2O3. The Hall–Kier alpha value is -2.92. The number of hydrogen-bond donors (Lipinski definition) is 1. The van der Waals surface area contributed by atoms with Crippen LogP contribution in [0, 0.1) is 6.92 Å². The maximum Gasteiger partial charge on any atom is 0.252 e. The fraction of sp³-hybridized carbons (Fsp3) is 0.200. The molecule has 2 aromatic carbocycles. The van der Waals surface area contributed by atoms with Gasteiger partial charge in [-0.1, -0.05) is 42.0 Å². The lowest BCUT2D eigenvalue weighted by Crippen LogP contribution is -2.27. The zero-order valence-corrected chi connectivity index (χ0v) is 14.3. The SMILES string of the molecule is COCCNC(=O)c1ccccc1-c1ncc(-c2ccc(C)cc2)o1. The molecule has 0 aliphatic rings. The second-order valence-electron chi connectivity index (χ2n) is 5.69. The standard InChI is InChI=1S/C20H20N2O3/c1-14-7-9-15(10-8-14)18-13-22-20(25-18)17-6-4-3-5-16(17)19(23)21-11-12-24-2/h3-10,13H,11-12H2,1-2H3,(H,21,23). The van der Waals surface area contributed by atoms with Crippen molar-refractivity contribution in [3.8, 4) is 22.8 Å². The first kappa shape index (κ1) is 16.9. The van der Waals surface area contributed by atoms with Crippen LogP contribution in [-0.4, -0.2) is 31.2 Å². The van der Waals surface area contributed by atoms with Gasteiger partial charge < -0.3 is 14.5 Å². The third-order valence-electron chi connectivity index (χ3n) is 3.84. The Bertz CT molecular complexity index is 853. The summed E-state index contributed by atoms with van der Waals surface area (Å²) >= 11 is 0. The first-order valence-electron chi connectivity index (χ1n) is 8.08. The van der Waals surface area contributed by atoms with Crippen molar-refractivity contribution in [1.29, 1.82) is 0 Å². The number of benzene rings is 2. The van der Waals surface area contributed by atoms with Crippen LogP contribution in [0.3, 0.4) is 0 Å². The molecule has 0 radical (unpaired) electrons. The van der Waals surface area contributed by atoms with Crippen molar-refractivity contribution >= 4 is 5.91 Å². The minimum absolute atomic E-state index is 0.178. The van der Waals surface area contributed by atoms with E-state index >= 15 is 0 Å². The van der Waals surface area contributed by atoms with Crippen molar-refractivity contribution in [2.24, 2.45) is 0 Å². The summed E-state index contributed by atoms with van der Waals surface area (Å²) in [5.41, 5.74) is 3.32. The van der Waals surface area contributed by atoms with Crippen molar-refractivity contribution in [2.75, 3.05) is 20.3 Å². The van der Waals surface area contributed by atoms with Gasteiger partial charge in [-0.05, 0) is 19.1 Å². The molecule has 1 N–H and O–H groups in total. The number of oxazole rings is 1. The fourth-order valence-electron chi connectivity index (χ4n) is 2.48. The summed E-state index contributed by atoms with van der Waals surface area (Å²) < 4.78 is 10.9. The normalized spacial score (nSPS) is 10.6. The third kappa shape index (κ3) is 3.95. The third-order valence-corrected chi connectivity index (χ3v) is 3.84. The molecule has 0 unspecified atom stereocenters. The number of ether oxygens (including phenoxy) is 1. The van der Waals surface area contributed by atoms with E-state index in [9.17, 15) is 4.79 Å². The fourth-order valence-corrected chi connectivity index (χ4v) is 2.48. The Morgan fingerprint density at radius 2 is 1.92 bits per heavy atom. The first-order valence-corrected chi connectivity index (χ1v) is 8.08. The molecule has 0 bridgehead atoms. The largest absolute Gasteiger partial charge is 0.436 e. The Kier molecular flexibility index (Phi) is 5.26. The van der Waals surface area contributed by atoms with E-state index in [-0.39, 0.29) is 5.91 Å². The molecule has 3 aromatic rings. The Balaban J connectivity index is 1.87. The smallest absolute Gasteiger partial charge is 0.252 e. The van der Waals surface area contributed by atoms with Gasteiger partial charge in [0.15, 0.2) is 5.76 Å². The van der Waals surface area contributed by atoms with Crippen LogP contribution >= 0.6 is 0 Å². The van der Waals surface area contributed by atoms with Gasteiger partial charge in [0.1, 0.15) is 0 Å². The Morgan fingerprint density at radius 1 is 1.16 bits per heavy atom. The zero-order chi connectivity index (χ0) is 17.6. The van der Waals surface area contributed by atoms with Crippen LogP contribution in [0.5, 0.6) is 0 Å². The first-order chi connectivity index (χ1) is 12.2. The average molecular weight is 336 g/mol. The molecular weight excluding hydrogens is 316 g/mol. The lowest BCUT2D eigenvalue weighted by Gasteiger charge is -2.07. The van der Waals surface area contributed by atoms with Gasteiger partial charge in [0.2, 0.25) is 5.89 Å². The summed E-state index contributed by atoms with van der Waals surface area (Å²) in [6.45, 7) is 2.95. The van der Waals surface area contributed by atoms with Crippen LogP contribution in [0.25, 0.3) is 22.8 Å². The molecule has 0 saturated carbocycles. The number of methoxy groups -OCH3 is 1. The number of carbonyl (C=O) groups excluding carboxylic acids is 1. The van der Waals surface area contributed by atoms with Crippen molar-refractivity contribution < 1.29 is 13.9 Å². The van der Waals surface area contributed by atoms with Crippen LogP contribution in [-0.2, 0) is 4.74 Å². The van der Waals surface area contributed by atoms with Crippen LogP contribution in [0.2, 0.25) is 0 Å². The van der Waals surface area contributed by atoms with Gasteiger partial charge in [-0.25, -0.2) is 4.98 Å². The van der Waals surface area contributed by atoms with E-state index in [4.69, 9.17) is 9.15 Å². The minimum Gasteiger partial charge on any atom is -0.436 e. The lowest BCUT2D eigenvalue weighted by atomic mass is 10.1. The molecule has 1 heterocycles. The van der Waals surface area contributed by atoms with Crippen LogP contribution in [0.4, 0.5) is 0 Å². The van der Waals surface area contributed by atoms with Crippen molar-refractivity contribution in [2.45, 2.75) is 6.92 Å². The average Bonchev–Trinajstić information content (AvgIpc) is 3.12. The minimum atomic E-state index is -0.178. The van der Waals surface area contributed by atoms with Crippen molar-refractivity contribution in [3.05, 3.63) is 65.9 Å². The summed E-state index contributed by atoms with van der Waals surface area (Å²) in [5, 5.41) is 2.82. The topological polar surface area (TPSA) is 64.4 Å². The predicted molar refractivity (Wildman–Crippen MR) is 96.3 cm³/mol. The predicted octanol–water partition coefficient (Wildman–Crippen LogP) is 3.69. The summed E-state index contributed by atoms with van der Waals surface area (Å²) in [7, 11) is 1.60. The molecule has 128 valence electrons. The second-order valence-corrected chi connectivity index (χ2v) is 5.69. The molecule has 5 heteroatoms. The van der Waals surface area contributed by atoms with Gasteiger partial charge in [-0.3, -0.25) is 4.79 Å². The van der Waals surface area contributed by atoms with Crippen LogP contribution in [0.15, 0.2) is 59.1 Å². The lowest BCUT2D eigenvalue weighted by molar-refractivity contribution is 0.0937. The Morgan fingerprint density at radius 3 is 2.68 bits per heavy atom. The molecule has 1 amide bonds. The molecule has 5 nitrogen and oxygen atoms in total. The summed E-state index contributed by atoms with van der Waals surface area (Å²) in [6, 6.07) is 15.3. The number of nitrogens with one attached hydrogen (secondary N) is 1. The van der Waals surface area contributed by atoms with E-state index in [2.05, 4.69) is 10.3 Å². The molecule has 3 rings (SSSR count). The monoisotopic (exact) mass is 336 g/mol. The van der Waals surface area contributed by atoms with E-state index in [1.807, 2.05) is 49.4 Å². The molecule has 1 aromatic heterocycles. The second kappa shape index (κ2) is 7.77. The summed E-state index contributed by atoms with van der Waals surface area (Å²) in [5.74, 6) is 0.917. The highest BCUT2D eigenvalue weighted by atomic mass is 16.5. The molecule has 0 aliphatic carbocycles. The van der Waals surface area contributed by atoms with E-state index in [1.54, 1.807) is 19.4 Å². The highest BCUT2D eigenvalue weighted by Gasteiger charge is 2.16. The molecule has 0 atom stereocenters. The molecule has 0 saturated heterocycles. The van der Waals surface area contributed by atoms with Gasteiger partial charge in [-0.2, -0.15) is 0 Å². The zero-order valence-electron chi connectivity index (χ0n) is 14.3. The van der Waals surface area contributed by atoms with E-state index in [1.165, 1.54) is 5.56 Å². The van der Waals surface area contributed by atoms with Gasteiger partial charge >= 0.3 is 0 Å². The highest BCUT2D eigenvalue weighted by molar-refractivity contribution is 6.00. The maximum atomic E-state index is 12.4. The molecule has 25 heavy (non-hydrogen) atoms. The molecule has 0 spiro atoms. The number of rotatable bonds is 6.